The number of carbonyl (C=O) groups is 1. The van der Waals surface area contributed by atoms with Gasteiger partial charge in [-0.3, -0.25) is 4.79 Å². The summed E-state index contributed by atoms with van der Waals surface area (Å²) in [4.78, 5) is 12.5. The molecule has 0 saturated carbocycles. The lowest BCUT2D eigenvalue weighted by Crippen LogP contribution is -2.12. The van der Waals surface area contributed by atoms with Crippen LogP contribution in [0.3, 0.4) is 0 Å². The second-order valence-electron chi connectivity index (χ2n) is 3.65. The molecule has 0 saturated heterocycles. The third-order valence-electron chi connectivity index (χ3n) is 2.34. The minimum absolute atomic E-state index is 0.222. The van der Waals surface area contributed by atoms with Crippen LogP contribution in [0.15, 0.2) is 24.3 Å². The maximum Gasteiger partial charge on any atom is 0.269 e. The summed E-state index contributed by atoms with van der Waals surface area (Å²) in [6.45, 7) is 1.51. The molecule has 0 radical (unpaired) electrons. The number of amides is 1. The topological polar surface area (TPSA) is 75.1 Å². The first-order chi connectivity index (χ1) is 9.22. The van der Waals surface area contributed by atoms with Crippen LogP contribution in [0.4, 0.5) is 5.69 Å². The predicted octanol–water partition coefficient (Wildman–Crippen LogP) is 1.44. The van der Waals surface area contributed by atoms with E-state index in [1.807, 2.05) is 6.07 Å². The number of nitrogens with one attached hydrogen (secondary N) is 1. The van der Waals surface area contributed by atoms with Gasteiger partial charge in [-0.25, -0.2) is 0 Å². The van der Waals surface area contributed by atoms with Gasteiger partial charge < -0.3 is 10.4 Å². The van der Waals surface area contributed by atoms with Crippen molar-refractivity contribution in [2.24, 2.45) is 0 Å². The molecule has 19 heavy (non-hydrogen) atoms. The summed E-state index contributed by atoms with van der Waals surface area (Å²) < 4.78 is 3.73. The highest BCUT2D eigenvalue weighted by Gasteiger charge is 2.14. The van der Waals surface area contributed by atoms with E-state index in [-0.39, 0.29) is 12.5 Å². The fraction of sp³-hybridized carbons (Fsp3) is 0.154. The first-order valence-electron chi connectivity index (χ1n) is 5.51. The number of nitrogens with zero attached hydrogens (tertiary/aromatic N) is 2. The Morgan fingerprint density at radius 3 is 2.95 bits per heavy atom. The van der Waals surface area contributed by atoms with E-state index in [1.54, 1.807) is 25.1 Å². The Bertz CT molecular complexity index is 655. The Hall–Kier alpha value is -2.23. The molecule has 1 amide bonds. The lowest BCUT2D eigenvalue weighted by atomic mass is 10.2. The molecule has 0 aliphatic rings. The van der Waals surface area contributed by atoms with E-state index in [2.05, 4.69) is 26.7 Å². The number of aliphatic hydroxyl groups excluding tert-OH is 1. The lowest BCUT2D eigenvalue weighted by molar-refractivity contribution is 0.103. The summed E-state index contributed by atoms with van der Waals surface area (Å²) in [6.07, 6.45) is 0. The monoisotopic (exact) mass is 273 g/mol. The van der Waals surface area contributed by atoms with Crippen molar-refractivity contribution in [3.05, 3.63) is 40.4 Å². The van der Waals surface area contributed by atoms with E-state index < -0.39 is 0 Å². The summed E-state index contributed by atoms with van der Waals surface area (Å²) in [6, 6.07) is 7.15. The zero-order valence-electron chi connectivity index (χ0n) is 10.2. The number of aromatic nitrogens is 2. The van der Waals surface area contributed by atoms with E-state index in [4.69, 9.17) is 5.11 Å². The van der Waals surface area contributed by atoms with E-state index in [1.165, 1.54) is 0 Å². The van der Waals surface area contributed by atoms with E-state index in [0.717, 1.165) is 11.5 Å². The Kier molecular flexibility index (Phi) is 4.23. The summed E-state index contributed by atoms with van der Waals surface area (Å²) in [5.41, 5.74) is 1.85. The van der Waals surface area contributed by atoms with Crippen LogP contribution in [0, 0.1) is 18.8 Å². The van der Waals surface area contributed by atoms with Crippen LogP contribution in [0.2, 0.25) is 0 Å². The van der Waals surface area contributed by atoms with E-state index in [9.17, 15) is 4.79 Å². The largest absolute Gasteiger partial charge is 0.384 e. The average molecular weight is 273 g/mol. The number of benzene rings is 1. The molecule has 0 spiro atoms. The van der Waals surface area contributed by atoms with Gasteiger partial charge in [0.15, 0.2) is 0 Å². The molecule has 0 atom stereocenters. The molecule has 2 rings (SSSR count). The van der Waals surface area contributed by atoms with Gasteiger partial charge in [-0.2, -0.15) is 0 Å². The fourth-order valence-corrected chi connectivity index (χ4v) is 2.01. The number of anilines is 1. The summed E-state index contributed by atoms with van der Waals surface area (Å²) in [7, 11) is 0. The SMILES string of the molecule is Cc1nnsc1C(=O)Nc1ccccc1C#CCO. The second kappa shape index (κ2) is 6.09. The Labute approximate surface area is 114 Å². The van der Waals surface area contributed by atoms with Gasteiger partial charge >= 0.3 is 0 Å². The molecule has 0 bridgehead atoms. The second-order valence-corrected chi connectivity index (χ2v) is 4.40. The standard InChI is InChI=1S/C13H11N3O2S/c1-9-12(19-16-15-9)13(18)14-11-7-3-2-5-10(11)6-4-8-17/h2-3,5,7,17H,8H2,1H3,(H,14,18). The molecule has 96 valence electrons. The van der Waals surface area contributed by atoms with Gasteiger partial charge in [0.25, 0.3) is 5.91 Å². The quantitative estimate of drug-likeness (QED) is 0.812. The van der Waals surface area contributed by atoms with Crippen LogP contribution >= 0.6 is 11.5 Å². The third kappa shape index (κ3) is 3.16. The van der Waals surface area contributed by atoms with E-state index in [0.29, 0.717) is 21.8 Å². The van der Waals surface area contributed by atoms with E-state index >= 15 is 0 Å². The highest BCUT2D eigenvalue weighted by Crippen LogP contribution is 2.17. The number of hydrogen-bond donors (Lipinski definition) is 2. The molecule has 2 N–H and O–H groups in total. The zero-order chi connectivity index (χ0) is 13.7. The molecule has 1 heterocycles. The van der Waals surface area contributed by atoms with Crippen molar-refractivity contribution in [1.82, 2.24) is 9.59 Å². The molecule has 0 aliphatic heterocycles. The Balaban J connectivity index is 2.24. The molecule has 2 aromatic rings. The van der Waals surface area contributed by atoms with Crippen molar-refractivity contribution < 1.29 is 9.90 Å². The first-order valence-corrected chi connectivity index (χ1v) is 6.28. The first kappa shape index (κ1) is 13.2. The van der Waals surface area contributed by atoms with Gasteiger partial charge in [0.2, 0.25) is 0 Å². The number of aliphatic hydroxyl groups is 1. The summed E-state index contributed by atoms with van der Waals surface area (Å²) in [5.74, 6) is 5.08. The van der Waals surface area contributed by atoms with Crippen molar-refractivity contribution >= 4 is 23.1 Å². The van der Waals surface area contributed by atoms with Crippen LogP contribution in [0.1, 0.15) is 20.9 Å². The van der Waals surface area contributed by atoms with Gasteiger partial charge in [-0.15, -0.1) is 5.10 Å². The summed E-state index contributed by atoms with van der Waals surface area (Å²) in [5, 5.41) is 15.3. The normalized spacial score (nSPS) is 9.58. The number of hydrogen-bond acceptors (Lipinski definition) is 5. The lowest BCUT2D eigenvalue weighted by Gasteiger charge is -2.05. The number of rotatable bonds is 2. The zero-order valence-corrected chi connectivity index (χ0v) is 11.0. The average Bonchev–Trinajstić information content (AvgIpc) is 2.84. The van der Waals surface area contributed by atoms with Crippen LogP contribution < -0.4 is 5.32 Å². The van der Waals surface area contributed by atoms with Gasteiger partial charge in [0, 0.05) is 5.56 Å². The number of para-hydroxylation sites is 1. The number of carbonyl (C=O) groups excluding carboxylic acids is 1. The maximum absolute atomic E-state index is 12.0. The maximum atomic E-state index is 12.0. The van der Waals surface area contributed by atoms with Crippen LogP contribution in [0.5, 0.6) is 0 Å². The molecular formula is C13H11N3O2S. The molecule has 0 unspecified atom stereocenters. The van der Waals surface area contributed by atoms with Crippen LogP contribution in [-0.4, -0.2) is 27.2 Å². The van der Waals surface area contributed by atoms with Gasteiger partial charge in [-0.1, -0.05) is 28.5 Å². The molecule has 1 aromatic heterocycles. The highest BCUT2D eigenvalue weighted by atomic mass is 32.1. The van der Waals surface area contributed by atoms with Crippen molar-refractivity contribution in [1.29, 1.82) is 0 Å². The van der Waals surface area contributed by atoms with Crippen molar-refractivity contribution in [2.75, 3.05) is 11.9 Å². The Morgan fingerprint density at radius 1 is 1.47 bits per heavy atom. The van der Waals surface area contributed by atoms with Crippen molar-refractivity contribution in [3.63, 3.8) is 0 Å². The summed E-state index contributed by atoms with van der Waals surface area (Å²) >= 11 is 1.05. The molecule has 0 aliphatic carbocycles. The molecule has 0 fully saturated rings. The minimum Gasteiger partial charge on any atom is -0.384 e. The van der Waals surface area contributed by atoms with Gasteiger partial charge in [0.1, 0.15) is 11.5 Å². The van der Waals surface area contributed by atoms with Crippen molar-refractivity contribution in [3.8, 4) is 11.8 Å². The highest BCUT2D eigenvalue weighted by molar-refractivity contribution is 7.08. The number of aryl methyl sites for hydroxylation is 1. The van der Waals surface area contributed by atoms with Crippen LogP contribution in [-0.2, 0) is 0 Å². The molecule has 1 aromatic carbocycles. The molecule has 5 nitrogen and oxygen atoms in total. The smallest absolute Gasteiger partial charge is 0.269 e. The predicted molar refractivity (Wildman–Crippen MR) is 73.0 cm³/mol. The third-order valence-corrected chi connectivity index (χ3v) is 3.16. The van der Waals surface area contributed by atoms with Crippen LogP contribution in [0.25, 0.3) is 0 Å². The molecule has 6 heteroatoms. The molecular weight excluding hydrogens is 262 g/mol. The van der Waals surface area contributed by atoms with Gasteiger partial charge in [-0.05, 0) is 30.6 Å². The Morgan fingerprint density at radius 2 is 2.26 bits per heavy atom. The fourth-order valence-electron chi connectivity index (χ4n) is 1.45. The van der Waals surface area contributed by atoms with Gasteiger partial charge in [0.05, 0.1) is 11.4 Å². The van der Waals surface area contributed by atoms with Crippen molar-refractivity contribution in [2.45, 2.75) is 6.92 Å². The minimum atomic E-state index is -0.259.